The molecule has 1 aromatic carbocycles. The maximum absolute atomic E-state index is 12.1. The van der Waals surface area contributed by atoms with Gasteiger partial charge in [0, 0.05) is 6.61 Å². The van der Waals surface area contributed by atoms with Gasteiger partial charge in [-0.25, -0.2) is 4.79 Å². The number of rotatable bonds is 4. The van der Waals surface area contributed by atoms with Crippen LogP contribution in [0, 0.1) is 0 Å². The molecule has 1 N–H and O–H groups in total. The van der Waals surface area contributed by atoms with Crippen LogP contribution in [0.4, 0.5) is 4.79 Å². The fourth-order valence-electron chi connectivity index (χ4n) is 2.32. The minimum absolute atomic E-state index is 0.0493. The van der Waals surface area contributed by atoms with Crippen LogP contribution in [0.15, 0.2) is 30.3 Å². The van der Waals surface area contributed by atoms with Gasteiger partial charge in [-0.1, -0.05) is 30.3 Å². The Balaban J connectivity index is 1.91. The zero-order valence-electron chi connectivity index (χ0n) is 11.9. The van der Waals surface area contributed by atoms with E-state index in [2.05, 4.69) is 0 Å². The molecule has 0 spiro atoms. The van der Waals surface area contributed by atoms with Gasteiger partial charge in [-0.05, 0) is 25.8 Å². The number of aliphatic hydroxyl groups excluding tert-OH is 1. The summed E-state index contributed by atoms with van der Waals surface area (Å²) < 4.78 is 11.1. The SMILES string of the molecule is CC1(C)OC(CCO)CN1C(=O)OCc1ccccc1. The standard InChI is InChI=1S/C15H21NO4/c1-15(2)16(10-13(20-15)8-9-17)14(18)19-11-12-6-4-3-5-7-12/h3-7,13,17H,8-11H2,1-2H3. The van der Waals surface area contributed by atoms with Crippen LogP contribution in [0.5, 0.6) is 0 Å². The van der Waals surface area contributed by atoms with Crippen LogP contribution >= 0.6 is 0 Å². The molecule has 1 aliphatic rings. The quantitative estimate of drug-likeness (QED) is 0.917. The second-order valence-electron chi connectivity index (χ2n) is 5.35. The van der Waals surface area contributed by atoms with E-state index >= 15 is 0 Å². The Labute approximate surface area is 119 Å². The minimum Gasteiger partial charge on any atom is -0.444 e. The van der Waals surface area contributed by atoms with E-state index in [0.29, 0.717) is 13.0 Å². The molecule has 5 nitrogen and oxygen atoms in total. The highest BCUT2D eigenvalue weighted by molar-refractivity contribution is 5.68. The average Bonchev–Trinajstić information content (AvgIpc) is 2.72. The number of carbonyl (C=O) groups excluding carboxylic acids is 1. The maximum Gasteiger partial charge on any atom is 0.412 e. The van der Waals surface area contributed by atoms with E-state index in [4.69, 9.17) is 14.6 Å². The third kappa shape index (κ3) is 3.49. The molecule has 1 aliphatic heterocycles. The molecule has 110 valence electrons. The van der Waals surface area contributed by atoms with Gasteiger partial charge in [-0.3, -0.25) is 4.90 Å². The molecule has 5 heteroatoms. The molecule has 20 heavy (non-hydrogen) atoms. The second kappa shape index (κ2) is 6.24. The number of hydrogen-bond donors (Lipinski definition) is 1. The van der Waals surface area contributed by atoms with Crippen LogP contribution in [0.2, 0.25) is 0 Å². The molecule has 1 aromatic rings. The van der Waals surface area contributed by atoms with Crippen molar-refractivity contribution in [1.82, 2.24) is 4.90 Å². The molecule has 0 aliphatic carbocycles. The average molecular weight is 279 g/mol. The van der Waals surface area contributed by atoms with Gasteiger partial charge in [0.25, 0.3) is 0 Å². The van der Waals surface area contributed by atoms with Gasteiger partial charge in [-0.2, -0.15) is 0 Å². The summed E-state index contributed by atoms with van der Waals surface area (Å²) in [6, 6.07) is 9.55. The minimum atomic E-state index is -0.701. The largest absolute Gasteiger partial charge is 0.444 e. The van der Waals surface area contributed by atoms with Crippen LogP contribution < -0.4 is 0 Å². The van der Waals surface area contributed by atoms with E-state index in [0.717, 1.165) is 5.56 Å². The molecule has 1 fully saturated rings. The Morgan fingerprint density at radius 1 is 1.45 bits per heavy atom. The second-order valence-corrected chi connectivity index (χ2v) is 5.35. The molecule has 1 heterocycles. The zero-order valence-corrected chi connectivity index (χ0v) is 11.9. The lowest BCUT2D eigenvalue weighted by Gasteiger charge is -2.28. The van der Waals surface area contributed by atoms with Gasteiger partial charge in [0.1, 0.15) is 12.3 Å². The van der Waals surface area contributed by atoms with Crippen molar-refractivity contribution in [2.75, 3.05) is 13.2 Å². The van der Waals surface area contributed by atoms with Gasteiger partial charge >= 0.3 is 6.09 Å². The maximum atomic E-state index is 12.1. The summed E-state index contributed by atoms with van der Waals surface area (Å²) in [5, 5.41) is 8.96. The van der Waals surface area contributed by atoms with Gasteiger partial charge < -0.3 is 14.6 Å². The molecular weight excluding hydrogens is 258 g/mol. The van der Waals surface area contributed by atoms with Gasteiger partial charge in [0.15, 0.2) is 0 Å². The molecule has 1 saturated heterocycles. The summed E-state index contributed by atoms with van der Waals surface area (Å²) in [6.45, 7) is 4.40. The highest BCUT2D eigenvalue weighted by Crippen LogP contribution is 2.28. The third-order valence-electron chi connectivity index (χ3n) is 3.37. The highest BCUT2D eigenvalue weighted by Gasteiger charge is 2.42. The predicted molar refractivity (Wildman–Crippen MR) is 74.0 cm³/mol. The number of amides is 1. The Kier molecular flexibility index (Phi) is 4.62. The van der Waals surface area contributed by atoms with Crippen molar-refractivity contribution in [3.8, 4) is 0 Å². The van der Waals surface area contributed by atoms with Gasteiger partial charge in [0.2, 0.25) is 0 Å². The van der Waals surface area contributed by atoms with Crippen molar-refractivity contribution in [3.63, 3.8) is 0 Å². The van der Waals surface area contributed by atoms with Crippen LogP contribution in [0.3, 0.4) is 0 Å². The van der Waals surface area contributed by atoms with Crippen LogP contribution in [-0.2, 0) is 16.1 Å². The molecule has 0 saturated carbocycles. The Hall–Kier alpha value is -1.59. The highest BCUT2D eigenvalue weighted by atomic mass is 16.6. The Morgan fingerprint density at radius 2 is 2.15 bits per heavy atom. The number of benzene rings is 1. The first kappa shape index (κ1) is 14.8. The number of ether oxygens (including phenoxy) is 2. The number of nitrogens with zero attached hydrogens (tertiary/aromatic N) is 1. The van der Waals surface area contributed by atoms with E-state index < -0.39 is 5.72 Å². The normalized spacial score (nSPS) is 20.9. The molecular formula is C15H21NO4. The number of hydrogen-bond acceptors (Lipinski definition) is 4. The van der Waals surface area contributed by atoms with Gasteiger partial charge in [0.05, 0.1) is 12.6 Å². The third-order valence-corrected chi connectivity index (χ3v) is 3.37. The van der Waals surface area contributed by atoms with Crippen molar-refractivity contribution in [1.29, 1.82) is 0 Å². The molecule has 0 aromatic heterocycles. The summed E-state index contributed by atoms with van der Waals surface area (Å²) in [7, 11) is 0. The smallest absolute Gasteiger partial charge is 0.412 e. The van der Waals surface area contributed by atoms with Gasteiger partial charge in [-0.15, -0.1) is 0 Å². The van der Waals surface area contributed by atoms with Crippen LogP contribution in [-0.4, -0.2) is 41.1 Å². The van der Waals surface area contributed by atoms with Crippen molar-refractivity contribution >= 4 is 6.09 Å². The van der Waals surface area contributed by atoms with Crippen molar-refractivity contribution < 1.29 is 19.4 Å². The van der Waals surface area contributed by atoms with Crippen molar-refractivity contribution in [2.45, 2.75) is 38.7 Å². The van der Waals surface area contributed by atoms with E-state index in [1.54, 1.807) is 4.90 Å². The lowest BCUT2D eigenvalue weighted by molar-refractivity contribution is -0.0739. The first-order valence-electron chi connectivity index (χ1n) is 6.80. The van der Waals surface area contributed by atoms with E-state index in [-0.39, 0.29) is 25.4 Å². The fraction of sp³-hybridized carbons (Fsp3) is 0.533. The molecule has 1 unspecified atom stereocenters. The lowest BCUT2D eigenvalue weighted by Crippen LogP contribution is -2.43. The summed E-state index contributed by atoms with van der Waals surface area (Å²) in [5.74, 6) is 0. The Morgan fingerprint density at radius 3 is 2.80 bits per heavy atom. The number of aliphatic hydroxyl groups is 1. The fourth-order valence-corrected chi connectivity index (χ4v) is 2.32. The van der Waals surface area contributed by atoms with Crippen molar-refractivity contribution in [2.24, 2.45) is 0 Å². The first-order valence-corrected chi connectivity index (χ1v) is 6.80. The Bertz CT molecular complexity index is 446. The summed E-state index contributed by atoms with van der Waals surface area (Å²) in [5.41, 5.74) is 0.249. The molecule has 0 radical (unpaired) electrons. The van der Waals surface area contributed by atoms with E-state index in [9.17, 15) is 4.79 Å². The summed E-state index contributed by atoms with van der Waals surface area (Å²) in [4.78, 5) is 13.7. The summed E-state index contributed by atoms with van der Waals surface area (Å²) >= 11 is 0. The molecule has 1 atom stereocenters. The van der Waals surface area contributed by atoms with Crippen LogP contribution in [0.1, 0.15) is 25.8 Å². The predicted octanol–water partition coefficient (Wildman–Crippen LogP) is 2.14. The zero-order chi connectivity index (χ0) is 14.6. The molecule has 2 rings (SSSR count). The summed E-state index contributed by atoms with van der Waals surface area (Å²) in [6.07, 6.45) is -0.00937. The first-order chi connectivity index (χ1) is 9.53. The van der Waals surface area contributed by atoms with Crippen molar-refractivity contribution in [3.05, 3.63) is 35.9 Å². The van der Waals surface area contributed by atoms with Crippen LogP contribution in [0.25, 0.3) is 0 Å². The molecule has 0 bridgehead atoms. The number of carbonyl (C=O) groups is 1. The topological polar surface area (TPSA) is 59.0 Å². The van der Waals surface area contributed by atoms with E-state index in [1.165, 1.54) is 0 Å². The lowest BCUT2D eigenvalue weighted by atomic mass is 10.2. The van der Waals surface area contributed by atoms with E-state index in [1.807, 2.05) is 44.2 Å². The molecule has 1 amide bonds. The monoisotopic (exact) mass is 279 g/mol.